The fourth-order valence-electron chi connectivity index (χ4n) is 2.96. The largest absolute Gasteiger partial charge is 0.508 e. The van der Waals surface area contributed by atoms with Crippen molar-refractivity contribution in [2.24, 2.45) is 0 Å². The van der Waals surface area contributed by atoms with Gasteiger partial charge in [0.05, 0.1) is 6.54 Å². The molecule has 0 spiro atoms. The van der Waals surface area contributed by atoms with Crippen LogP contribution >= 0.6 is 11.3 Å². The van der Waals surface area contributed by atoms with Gasteiger partial charge in [0.1, 0.15) is 5.75 Å². The summed E-state index contributed by atoms with van der Waals surface area (Å²) in [5, 5.41) is 13.6. The number of phenolic OH excluding ortho intramolecular Hbond substituents is 1. The highest BCUT2D eigenvalue weighted by molar-refractivity contribution is 7.07. The van der Waals surface area contributed by atoms with Gasteiger partial charge in [-0.3, -0.25) is 9.69 Å². The van der Waals surface area contributed by atoms with Crippen LogP contribution in [0.3, 0.4) is 0 Å². The number of hydrogen-bond acceptors (Lipinski definition) is 5. The first-order valence-corrected chi connectivity index (χ1v) is 9.07. The summed E-state index contributed by atoms with van der Waals surface area (Å²) in [6, 6.07) is 9.34. The zero-order chi connectivity index (χ0) is 16.9. The highest BCUT2D eigenvalue weighted by Gasteiger charge is 2.22. The van der Waals surface area contributed by atoms with Gasteiger partial charge in [0.25, 0.3) is 0 Å². The first-order chi connectivity index (χ1) is 11.6. The van der Waals surface area contributed by atoms with Crippen molar-refractivity contribution in [3.8, 4) is 5.75 Å². The second-order valence-corrected chi connectivity index (χ2v) is 6.97. The summed E-state index contributed by atoms with van der Waals surface area (Å²) in [5.41, 5.74) is 2.35. The van der Waals surface area contributed by atoms with Crippen molar-refractivity contribution in [1.29, 1.82) is 0 Å². The highest BCUT2D eigenvalue weighted by Crippen LogP contribution is 2.20. The van der Waals surface area contributed by atoms with Gasteiger partial charge in [-0.05, 0) is 53.7 Å². The zero-order valence-electron chi connectivity index (χ0n) is 13.9. The van der Waals surface area contributed by atoms with Crippen LogP contribution in [-0.2, 0) is 11.3 Å². The number of carbonyl (C=O) groups excluding carboxylic acids is 1. The Labute approximate surface area is 146 Å². The first-order valence-electron chi connectivity index (χ1n) is 8.13. The predicted octanol–water partition coefficient (Wildman–Crippen LogP) is 2.23. The lowest BCUT2D eigenvalue weighted by molar-refractivity contribution is -0.132. The summed E-state index contributed by atoms with van der Waals surface area (Å²) in [4.78, 5) is 18.7. The minimum Gasteiger partial charge on any atom is -0.508 e. The monoisotopic (exact) mass is 345 g/mol. The molecule has 0 bridgehead atoms. The van der Waals surface area contributed by atoms with Gasteiger partial charge >= 0.3 is 0 Å². The van der Waals surface area contributed by atoms with E-state index in [1.165, 1.54) is 5.56 Å². The van der Waals surface area contributed by atoms with Gasteiger partial charge in [-0.1, -0.05) is 0 Å². The van der Waals surface area contributed by atoms with Gasteiger partial charge in [-0.15, -0.1) is 0 Å². The molecule has 0 atom stereocenters. The van der Waals surface area contributed by atoms with E-state index in [9.17, 15) is 9.90 Å². The second kappa shape index (κ2) is 7.68. The Morgan fingerprint density at radius 3 is 2.50 bits per heavy atom. The Kier molecular flexibility index (Phi) is 5.37. The number of rotatable bonds is 5. The van der Waals surface area contributed by atoms with Crippen LogP contribution in [0.2, 0.25) is 0 Å². The van der Waals surface area contributed by atoms with Crippen LogP contribution in [0, 0.1) is 0 Å². The van der Waals surface area contributed by atoms with E-state index < -0.39 is 0 Å². The van der Waals surface area contributed by atoms with Gasteiger partial charge in [-0.2, -0.15) is 11.3 Å². The van der Waals surface area contributed by atoms with E-state index in [0.29, 0.717) is 6.54 Å². The number of thiophene rings is 1. The Morgan fingerprint density at radius 2 is 1.88 bits per heavy atom. The molecule has 128 valence electrons. The first kappa shape index (κ1) is 16.8. The van der Waals surface area contributed by atoms with E-state index in [1.807, 2.05) is 24.1 Å². The molecule has 1 aromatic heterocycles. The molecule has 6 heteroatoms. The molecule has 1 aliphatic rings. The number of aromatic hydroxyl groups is 1. The molecule has 0 saturated carbocycles. The lowest BCUT2D eigenvalue weighted by Gasteiger charge is -2.36. The molecule has 24 heavy (non-hydrogen) atoms. The van der Waals surface area contributed by atoms with Crippen molar-refractivity contribution in [3.63, 3.8) is 0 Å². The molecule has 1 N–H and O–H groups in total. The van der Waals surface area contributed by atoms with Crippen LogP contribution in [0.1, 0.15) is 5.56 Å². The van der Waals surface area contributed by atoms with Crippen LogP contribution in [0.4, 0.5) is 5.69 Å². The number of piperazine rings is 1. The molecule has 1 aliphatic heterocycles. The van der Waals surface area contributed by atoms with Gasteiger partial charge in [-0.25, -0.2) is 0 Å². The summed E-state index contributed by atoms with van der Waals surface area (Å²) < 4.78 is 0. The molecule has 1 aromatic carbocycles. The minimum absolute atomic E-state index is 0.193. The Bertz CT molecular complexity index is 649. The summed E-state index contributed by atoms with van der Waals surface area (Å²) in [6.07, 6.45) is 0. The number of phenols is 1. The number of carbonyl (C=O) groups is 1. The average Bonchev–Trinajstić information content (AvgIpc) is 3.08. The SMILES string of the molecule is CN(CC(=O)N1CCN(c2ccc(O)cc2)CC1)Cc1ccsc1. The standard InChI is InChI=1S/C18H23N3O2S/c1-19(12-15-6-11-24-14-15)13-18(23)21-9-7-20(8-10-21)16-2-4-17(22)5-3-16/h2-6,11,14,22H,7-10,12-13H2,1H3. The van der Waals surface area contributed by atoms with Crippen molar-refractivity contribution >= 4 is 22.9 Å². The van der Waals surface area contributed by atoms with Crippen molar-refractivity contribution in [3.05, 3.63) is 46.7 Å². The fraction of sp³-hybridized carbons (Fsp3) is 0.389. The smallest absolute Gasteiger partial charge is 0.236 e. The van der Waals surface area contributed by atoms with E-state index >= 15 is 0 Å². The third kappa shape index (κ3) is 4.27. The third-order valence-corrected chi connectivity index (χ3v) is 5.02. The van der Waals surface area contributed by atoms with Crippen molar-refractivity contribution in [2.45, 2.75) is 6.54 Å². The highest BCUT2D eigenvalue weighted by atomic mass is 32.1. The van der Waals surface area contributed by atoms with Crippen molar-refractivity contribution in [1.82, 2.24) is 9.80 Å². The lowest BCUT2D eigenvalue weighted by Crippen LogP contribution is -2.51. The molecule has 2 aromatic rings. The van der Waals surface area contributed by atoms with Crippen LogP contribution in [0.15, 0.2) is 41.1 Å². The topological polar surface area (TPSA) is 47.0 Å². The number of nitrogens with zero attached hydrogens (tertiary/aromatic N) is 3. The van der Waals surface area contributed by atoms with Gasteiger partial charge in [0.15, 0.2) is 0 Å². The Morgan fingerprint density at radius 1 is 1.17 bits per heavy atom. The molecule has 1 fully saturated rings. The van der Waals surface area contributed by atoms with E-state index in [-0.39, 0.29) is 11.7 Å². The molecule has 3 rings (SSSR count). The minimum atomic E-state index is 0.193. The number of hydrogen-bond donors (Lipinski definition) is 1. The lowest BCUT2D eigenvalue weighted by atomic mass is 10.2. The molecule has 2 heterocycles. The molecule has 1 amide bonds. The maximum atomic E-state index is 12.5. The molecular weight excluding hydrogens is 322 g/mol. The molecule has 5 nitrogen and oxygen atoms in total. The van der Waals surface area contributed by atoms with Crippen LogP contribution < -0.4 is 4.90 Å². The van der Waals surface area contributed by atoms with E-state index in [1.54, 1.807) is 23.5 Å². The maximum Gasteiger partial charge on any atom is 0.236 e. The molecule has 1 saturated heterocycles. The number of amides is 1. The van der Waals surface area contributed by atoms with Crippen molar-refractivity contribution < 1.29 is 9.90 Å². The maximum absolute atomic E-state index is 12.5. The Hall–Kier alpha value is -2.05. The van der Waals surface area contributed by atoms with Crippen molar-refractivity contribution in [2.75, 3.05) is 44.7 Å². The molecule has 0 radical (unpaired) electrons. The number of likely N-dealkylation sites (N-methyl/N-ethyl adjacent to an activating group) is 1. The van der Waals surface area contributed by atoms with E-state index in [2.05, 4.69) is 26.6 Å². The molecular formula is C18H23N3O2S. The second-order valence-electron chi connectivity index (χ2n) is 6.19. The normalized spacial score (nSPS) is 15.1. The van der Waals surface area contributed by atoms with Crippen LogP contribution in [-0.4, -0.2) is 60.6 Å². The summed E-state index contributed by atoms with van der Waals surface area (Å²) in [6.45, 7) is 4.39. The van der Waals surface area contributed by atoms with Crippen LogP contribution in [0.5, 0.6) is 5.75 Å². The van der Waals surface area contributed by atoms with Gasteiger partial charge in [0, 0.05) is 38.4 Å². The van der Waals surface area contributed by atoms with E-state index in [4.69, 9.17) is 0 Å². The summed E-state index contributed by atoms with van der Waals surface area (Å²) in [5.74, 6) is 0.472. The Balaban J connectivity index is 1.47. The third-order valence-electron chi connectivity index (χ3n) is 4.29. The zero-order valence-corrected chi connectivity index (χ0v) is 14.7. The van der Waals surface area contributed by atoms with Gasteiger partial charge in [0.2, 0.25) is 5.91 Å². The quantitative estimate of drug-likeness (QED) is 0.903. The molecule has 0 aliphatic carbocycles. The summed E-state index contributed by atoms with van der Waals surface area (Å²) >= 11 is 1.68. The summed E-state index contributed by atoms with van der Waals surface area (Å²) in [7, 11) is 1.99. The number of anilines is 1. The predicted molar refractivity (Wildman–Crippen MR) is 97.6 cm³/mol. The number of benzene rings is 1. The fourth-order valence-corrected chi connectivity index (χ4v) is 3.62. The van der Waals surface area contributed by atoms with E-state index in [0.717, 1.165) is 38.4 Å². The van der Waals surface area contributed by atoms with Crippen LogP contribution in [0.25, 0.3) is 0 Å². The average molecular weight is 345 g/mol. The van der Waals surface area contributed by atoms with Gasteiger partial charge < -0.3 is 14.9 Å². The molecule has 0 unspecified atom stereocenters.